The summed E-state index contributed by atoms with van der Waals surface area (Å²) >= 11 is 3.72. The van der Waals surface area contributed by atoms with Gasteiger partial charge < -0.3 is 9.80 Å². The summed E-state index contributed by atoms with van der Waals surface area (Å²) in [5.41, 5.74) is 0.585. The molecule has 0 aliphatic heterocycles. The average Bonchev–Trinajstić information content (AvgIpc) is 2.18. The number of hydrogen-bond donors (Lipinski definition) is 0. The van der Waals surface area contributed by atoms with Crippen molar-refractivity contribution in [1.82, 2.24) is 9.80 Å². The standard InChI is InChI=1S/C14H29BrN2/c1-13(2)10-17(9-8-16(3)4)12-14(11-15)6-5-7-14/h13H,5-12H2,1-4H3. The van der Waals surface area contributed by atoms with Crippen LogP contribution in [-0.4, -0.2) is 55.4 Å². The molecule has 1 aliphatic carbocycles. The highest BCUT2D eigenvalue weighted by atomic mass is 79.9. The van der Waals surface area contributed by atoms with E-state index in [1.807, 2.05) is 0 Å². The van der Waals surface area contributed by atoms with Crippen molar-refractivity contribution in [2.24, 2.45) is 11.3 Å². The first-order chi connectivity index (χ1) is 7.97. The van der Waals surface area contributed by atoms with E-state index in [2.05, 4.69) is 53.7 Å². The largest absolute Gasteiger partial charge is 0.308 e. The number of rotatable bonds is 8. The van der Waals surface area contributed by atoms with E-state index < -0.39 is 0 Å². The monoisotopic (exact) mass is 304 g/mol. The third-order valence-electron chi connectivity index (χ3n) is 3.74. The van der Waals surface area contributed by atoms with Crippen molar-refractivity contribution in [3.05, 3.63) is 0 Å². The highest BCUT2D eigenvalue weighted by Crippen LogP contribution is 2.43. The summed E-state index contributed by atoms with van der Waals surface area (Å²) in [6.07, 6.45) is 4.25. The molecule has 0 aromatic heterocycles. The van der Waals surface area contributed by atoms with Gasteiger partial charge in [0.05, 0.1) is 0 Å². The van der Waals surface area contributed by atoms with Crippen LogP contribution in [0.3, 0.4) is 0 Å². The van der Waals surface area contributed by atoms with E-state index in [9.17, 15) is 0 Å². The first-order valence-corrected chi connectivity index (χ1v) is 8.03. The molecule has 0 heterocycles. The molecule has 0 saturated heterocycles. The van der Waals surface area contributed by atoms with Crippen molar-refractivity contribution >= 4 is 15.9 Å². The second kappa shape index (κ2) is 7.10. The van der Waals surface area contributed by atoms with Gasteiger partial charge in [-0.2, -0.15) is 0 Å². The summed E-state index contributed by atoms with van der Waals surface area (Å²) < 4.78 is 0. The number of hydrogen-bond acceptors (Lipinski definition) is 2. The van der Waals surface area contributed by atoms with Gasteiger partial charge in [-0.1, -0.05) is 36.2 Å². The molecule has 0 spiro atoms. The lowest BCUT2D eigenvalue weighted by Crippen LogP contribution is -2.46. The summed E-state index contributed by atoms with van der Waals surface area (Å²) in [7, 11) is 4.33. The first kappa shape index (κ1) is 15.5. The van der Waals surface area contributed by atoms with Gasteiger partial charge in [0.1, 0.15) is 0 Å². The second-order valence-corrected chi connectivity index (χ2v) is 6.98. The molecular weight excluding hydrogens is 276 g/mol. The van der Waals surface area contributed by atoms with Crippen LogP contribution in [-0.2, 0) is 0 Å². The van der Waals surface area contributed by atoms with Gasteiger partial charge in [0.2, 0.25) is 0 Å². The maximum atomic E-state index is 3.72. The predicted octanol–water partition coefficient (Wildman–Crippen LogP) is 3.07. The van der Waals surface area contributed by atoms with Crippen LogP contribution in [0, 0.1) is 11.3 Å². The minimum absolute atomic E-state index is 0.585. The highest BCUT2D eigenvalue weighted by molar-refractivity contribution is 9.09. The van der Waals surface area contributed by atoms with Crippen molar-refractivity contribution in [2.75, 3.05) is 45.6 Å². The SMILES string of the molecule is CC(C)CN(CCN(C)C)CC1(CBr)CCC1. The molecule has 1 aliphatic rings. The summed E-state index contributed by atoms with van der Waals surface area (Å²) in [5, 5.41) is 1.18. The third-order valence-corrected chi connectivity index (χ3v) is 4.93. The molecule has 0 N–H and O–H groups in total. The molecule has 0 unspecified atom stereocenters. The molecule has 0 bridgehead atoms. The van der Waals surface area contributed by atoms with Crippen LogP contribution in [0.4, 0.5) is 0 Å². The Hall–Kier alpha value is 0.400. The Morgan fingerprint density at radius 3 is 2.18 bits per heavy atom. The van der Waals surface area contributed by atoms with Gasteiger partial charge in [0.15, 0.2) is 0 Å². The molecule has 102 valence electrons. The zero-order valence-electron chi connectivity index (χ0n) is 12.0. The first-order valence-electron chi connectivity index (χ1n) is 6.90. The molecule has 1 fully saturated rings. The minimum Gasteiger partial charge on any atom is -0.308 e. The quantitative estimate of drug-likeness (QED) is 0.636. The Morgan fingerprint density at radius 1 is 1.18 bits per heavy atom. The van der Waals surface area contributed by atoms with E-state index in [1.165, 1.54) is 50.8 Å². The highest BCUT2D eigenvalue weighted by Gasteiger charge is 2.37. The molecule has 17 heavy (non-hydrogen) atoms. The second-order valence-electron chi connectivity index (χ2n) is 6.42. The summed E-state index contributed by atoms with van der Waals surface area (Å²) in [6.45, 7) is 9.55. The van der Waals surface area contributed by atoms with Crippen LogP contribution in [0.5, 0.6) is 0 Å². The number of halogens is 1. The van der Waals surface area contributed by atoms with Crippen LogP contribution in [0.1, 0.15) is 33.1 Å². The lowest BCUT2D eigenvalue weighted by atomic mass is 9.70. The summed E-state index contributed by atoms with van der Waals surface area (Å²) in [4.78, 5) is 4.96. The Labute approximate surface area is 116 Å². The molecule has 0 atom stereocenters. The Kier molecular flexibility index (Phi) is 6.46. The Balaban J connectivity index is 2.44. The average molecular weight is 305 g/mol. The van der Waals surface area contributed by atoms with Crippen molar-refractivity contribution in [3.63, 3.8) is 0 Å². The van der Waals surface area contributed by atoms with E-state index in [0.29, 0.717) is 5.41 Å². The number of alkyl halides is 1. The van der Waals surface area contributed by atoms with Crippen molar-refractivity contribution in [2.45, 2.75) is 33.1 Å². The maximum absolute atomic E-state index is 3.72. The Bertz CT molecular complexity index is 207. The summed E-state index contributed by atoms with van der Waals surface area (Å²) in [6, 6.07) is 0. The van der Waals surface area contributed by atoms with Gasteiger partial charge in [-0.25, -0.2) is 0 Å². The van der Waals surface area contributed by atoms with Crippen molar-refractivity contribution < 1.29 is 0 Å². The molecule has 2 nitrogen and oxygen atoms in total. The zero-order valence-corrected chi connectivity index (χ0v) is 13.6. The fourth-order valence-electron chi connectivity index (χ4n) is 2.58. The number of likely N-dealkylation sites (N-methyl/N-ethyl adjacent to an activating group) is 1. The van der Waals surface area contributed by atoms with E-state index in [-0.39, 0.29) is 0 Å². The molecule has 0 radical (unpaired) electrons. The van der Waals surface area contributed by atoms with E-state index in [1.54, 1.807) is 0 Å². The van der Waals surface area contributed by atoms with Crippen LogP contribution in [0.25, 0.3) is 0 Å². The normalized spacial score (nSPS) is 19.1. The van der Waals surface area contributed by atoms with Gasteiger partial charge in [0, 0.05) is 31.5 Å². The van der Waals surface area contributed by atoms with E-state index in [4.69, 9.17) is 0 Å². The van der Waals surface area contributed by atoms with Gasteiger partial charge in [-0.15, -0.1) is 0 Å². The number of nitrogens with zero attached hydrogens (tertiary/aromatic N) is 2. The lowest BCUT2D eigenvalue weighted by molar-refractivity contribution is 0.0799. The third kappa shape index (κ3) is 5.27. The lowest BCUT2D eigenvalue weighted by Gasteiger charge is -2.44. The van der Waals surface area contributed by atoms with E-state index in [0.717, 1.165) is 5.92 Å². The zero-order chi connectivity index (χ0) is 12.9. The van der Waals surface area contributed by atoms with Crippen LogP contribution >= 0.6 is 15.9 Å². The van der Waals surface area contributed by atoms with Gasteiger partial charge >= 0.3 is 0 Å². The molecule has 1 rings (SSSR count). The molecular formula is C14H29BrN2. The van der Waals surface area contributed by atoms with Gasteiger partial charge in [-0.3, -0.25) is 0 Å². The molecule has 1 saturated carbocycles. The fourth-order valence-corrected chi connectivity index (χ4v) is 3.32. The predicted molar refractivity (Wildman–Crippen MR) is 79.9 cm³/mol. The van der Waals surface area contributed by atoms with Crippen molar-refractivity contribution in [1.29, 1.82) is 0 Å². The summed E-state index contributed by atoms with van der Waals surface area (Å²) in [5.74, 6) is 0.768. The topological polar surface area (TPSA) is 6.48 Å². The van der Waals surface area contributed by atoms with Crippen LogP contribution in [0.15, 0.2) is 0 Å². The van der Waals surface area contributed by atoms with Crippen LogP contribution < -0.4 is 0 Å². The maximum Gasteiger partial charge on any atom is 0.0109 e. The fraction of sp³-hybridized carbons (Fsp3) is 1.00. The van der Waals surface area contributed by atoms with Crippen molar-refractivity contribution in [3.8, 4) is 0 Å². The molecule has 0 aromatic carbocycles. The smallest absolute Gasteiger partial charge is 0.0109 e. The van der Waals surface area contributed by atoms with Crippen LogP contribution in [0.2, 0.25) is 0 Å². The minimum atomic E-state index is 0.585. The van der Waals surface area contributed by atoms with Gasteiger partial charge in [0.25, 0.3) is 0 Å². The Morgan fingerprint density at radius 2 is 1.82 bits per heavy atom. The van der Waals surface area contributed by atoms with Gasteiger partial charge in [-0.05, 0) is 38.3 Å². The molecule has 0 aromatic rings. The molecule has 0 amide bonds. The molecule has 3 heteroatoms. The van der Waals surface area contributed by atoms with E-state index >= 15 is 0 Å².